The molecule has 0 saturated carbocycles. The summed E-state index contributed by atoms with van der Waals surface area (Å²) in [6.45, 7) is 1.82. The van der Waals surface area contributed by atoms with Crippen molar-refractivity contribution in [2.24, 2.45) is 0 Å². The number of carbonyl (C=O) groups excluding carboxylic acids is 1. The molecule has 14 heavy (non-hydrogen) atoms. The van der Waals surface area contributed by atoms with Crippen LogP contribution in [0.3, 0.4) is 0 Å². The largest absolute Gasteiger partial charge is 0.325 e. The van der Waals surface area contributed by atoms with Gasteiger partial charge in [0.1, 0.15) is 0 Å². The zero-order valence-electron chi connectivity index (χ0n) is 7.87. The van der Waals surface area contributed by atoms with Crippen LogP contribution in [0.5, 0.6) is 0 Å². The highest BCUT2D eigenvalue weighted by molar-refractivity contribution is 6.00. The van der Waals surface area contributed by atoms with Gasteiger partial charge in [0, 0.05) is 11.8 Å². The monoisotopic (exact) mass is 189 g/mol. The second-order valence-electron chi connectivity index (χ2n) is 3.04. The molecule has 1 amide bonds. The highest BCUT2D eigenvalue weighted by Gasteiger charge is 2.04. The van der Waals surface area contributed by atoms with Crippen LogP contribution in [0.15, 0.2) is 24.4 Å². The molecule has 0 saturated heterocycles. The third-order valence-corrected chi connectivity index (χ3v) is 2.08. The SMILES string of the molecule is CCC(=O)Nc1cccc2[nH]ncc12. The van der Waals surface area contributed by atoms with Gasteiger partial charge in [-0.15, -0.1) is 0 Å². The minimum atomic E-state index is 0.0127. The van der Waals surface area contributed by atoms with E-state index in [9.17, 15) is 4.79 Å². The summed E-state index contributed by atoms with van der Waals surface area (Å²) in [7, 11) is 0. The van der Waals surface area contributed by atoms with Gasteiger partial charge in [0.25, 0.3) is 0 Å². The maximum Gasteiger partial charge on any atom is 0.224 e. The quantitative estimate of drug-likeness (QED) is 0.758. The lowest BCUT2D eigenvalue weighted by Gasteiger charge is -2.03. The Kier molecular flexibility index (Phi) is 2.18. The fourth-order valence-electron chi connectivity index (χ4n) is 1.32. The molecule has 1 heterocycles. The number of hydrogen-bond donors (Lipinski definition) is 2. The van der Waals surface area contributed by atoms with E-state index >= 15 is 0 Å². The van der Waals surface area contributed by atoms with Crippen LogP contribution in [0.1, 0.15) is 13.3 Å². The molecular formula is C10H11N3O. The number of anilines is 1. The highest BCUT2D eigenvalue weighted by Crippen LogP contribution is 2.20. The summed E-state index contributed by atoms with van der Waals surface area (Å²) in [4.78, 5) is 11.2. The van der Waals surface area contributed by atoms with Crippen LogP contribution in [0, 0.1) is 0 Å². The summed E-state index contributed by atoms with van der Waals surface area (Å²) in [5, 5.41) is 10.5. The summed E-state index contributed by atoms with van der Waals surface area (Å²) in [6.07, 6.45) is 2.19. The Labute approximate surface area is 81.3 Å². The summed E-state index contributed by atoms with van der Waals surface area (Å²) in [6, 6.07) is 5.67. The predicted molar refractivity (Wildman–Crippen MR) is 55.0 cm³/mol. The fraction of sp³-hybridized carbons (Fsp3) is 0.200. The van der Waals surface area contributed by atoms with Crippen molar-refractivity contribution >= 4 is 22.5 Å². The minimum Gasteiger partial charge on any atom is -0.325 e. The summed E-state index contributed by atoms with van der Waals surface area (Å²) in [5.41, 5.74) is 1.74. The molecule has 72 valence electrons. The van der Waals surface area contributed by atoms with E-state index in [0.29, 0.717) is 6.42 Å². The molecule has 0 fully saturated rings. The van der Waals surface area contributed by atoms with Crippen LogP contribution in [0.25, 0.3) is 10.9 Å². The molecule has 0 aliphatic rings. The Balaban J connectivity index is 2.41. The Morgan fingerprint density at radius 1 is 1.57 bits per heavy atom. The number of rotatable bonds is 2. The van der Waals surface area contributed by atoms with Gasteiger partial charge in [-0.3, -0.25) is 9.89 Å². The number of nitrogens with zero attached hydrogens (tertiary/aromatic N) is 1. The molecule has 2 N–H and O–H groups in total. The van der Waals surface area contributed by atoms with Crippen molar-refractivity contribution in [1.29, 1.82) is 0 Å². The lowest BCUT2D eigenvalue weighted by atomic mass is 10.2. The van der Waals surface area contributed by atoms with E-state index in [2.05, 4.69) is 15.5 Å². The lowest BCUT2D eigenvalue weighted by molar-refractivity contribution is -0.115. The van der Waals surface area contributed by atoms with Crippen LogP contribution in [0.4, 0.5) is 5.69 Å². The van der Waals surface area contributed by atoms with Gasteiger partial charge < -0.3 is 5.32 Å². The number of aromatic nitrogens is 2. The molecule has 1 aromatic heterocycles. The Morgan fingerprint density at radius 3 is 3.21 bits per heavy atom. The number of aromatic amines is 1. The van der Waals surface area contributed by atoms with E-state index < -0.39 is 0 Å². The maximum absolute atomic E-state index is 11.2. The molecule has 2 aromatic rings. The van der Waals surface area contributed by atoms with Crippen LogP contribution in [-0.4, -0.2) is 16.1 Å². The first-order chi connectivity index (χ1) is 6.81. The van der Waals surface area contributed by atoms with Gasteiger partial charge >= 0.3 is 0 Å². The summed E-state index contributed by atoms with van der Waals surface area (Å²) >= 11 is 0. The van der Waals surface area contributed by atoms with Crippen molar-refractivity contribution in [3.63, 3.8) is 0 Å². The third-order valence-electron chi connectivity index (χ3n) is 2.08. The van der Waals surface area contributed by atoms with E-state index in [4.69, 9.17) is 0 Å². The Hall–Kier alpha value is -1.84. The molecule has 0 aliphatic carbocycles. The van der Waals surface area contributed by atoms with Crippen molar-refractivity contribution in [3.05, 3.63) is 24.4 Å². The number of hydrogen-bond acceptors (Lipinski definition) is 2. The van der Waals surface area contributed by atoms with E-state index in [1.165, 1.54) is 0 Å². The van der Waals surface area contributed by atoms with Crippen LogP contribution in [0.2, 0.25) is 0 Å². The van der Waals surface area contributed by atoms with E-state index in [1.54, 1.807) is 6.20 Å². The lowest BCUT2D eigenvalue weighted by Crippen LogP contribution is -2.09. The average Bonchev–Trinajstić information content (AvgIpc) is 2.66. The van der Waals surface area contributed by atoms with Gasteiger partial charge in [0.05, 0.1) is 17.4 Å². The topological polar surface area (TPSA) is 57.8 Å². The first-order valence-electron chi connectivity index (χ1n) is 4.53. The molecule has 0 spiro atoms. The second kappa shape index (κ2) is 3.49. The first-order valence-corrected chi connectivity index (χ1v) is 4.53. The number of carbonyl (C=O) groups is 1. The van der Waals surface area contributed by atoms with Crippen molar-refractivity contribution in [2.45, 2.75) is 13.3 Å². The van der Waals surface area contributed by atoms with Crippen LogP contribution >= 0.6 is 0 Å². The number of fused-ring (bicyclic) bond motifs is 1. The van der Waals surface area contributed by atoms with Crippen molar-refractivity contribution in [2.75, 3.05) is 5.32 Å². The second-order valence-corrected chi connectivity index (χ2v) is 3.04. The molecule has 4 nitrogen and oxygen atoms in total. The highest BCUT2D eigenvalue weighted by atomic mass is 16.1. The molecule has 1 aromatic carbocycles. The molecule has 2 rings (SSSR count). The van der Waals surface area contributed by atoms with Gasteiger partial charge in [0.15, 0.2) is 0 Å². The van der Waals surface area contributed by atoms with Gasteiger partial charge in [-0.1, -0.05) is 13.0 Å². The Morgan fingerprint density at radius 2 is 2.43 bits per heavy atom. The molecule has 0 atom stereocenters. The smallest absolute Gasteiger partial charge is 0.224 e. The Bertz CT molecular complexity index is 461. The maximum atomic E-state index is 11.2. The van der Waals surface area contributed by atoms with Crippen LogP contribution < -0.4 is 5.32 Å². The zero-order valence-corrected chi connectivity index (χ0v) is 7.87. The summed E-state index contributed by atoms with van der Waals surface area (Å²) < 4.78 is 0. The first kappa shape index (κ1) is 8.74. The van der Waals surface area contributed by atoms with E-state index in [0.717, 1.165) is 16.6 Å². The standard InChI is InChI=1S/C10H11N3O/c1-2-10(14)12-8-4-3-5-9-7(8)6-11-13-9/h3-6H,2H2,1H3,(H,11,13)(H,12,14). The summed E-state index contributed by atoms with van der Waals surface area (Å²) in [5.74, 6) is 0.0127. The number of nitrogens with one attached hydrogen (secondary N) is 2. The number of benzene rings is 1. The van der Waals surface area contributed by atoms with Gasteiger partial charge in [-0.05, 0) is 12.1 Å². The molecule has 0 aliphatic heterocycles. The van der Waals surface area contributed by atoms with Crippen LogP contribution in [-0.2, 0) is 4.79 Å². The third kappa shape index (κ3) is 1.46. The predicted octanol–water partition coefficient (Wildman–Crippen LogP) is 1.91. The number of amides is 1. The van der Waals surface area contributed by atoms with E-state index in [1.807, 2.05) is 25.1 Å². The number of H-pyrrole nitrogens is 1. The van der Waals surface area contributed by atoms with Crippen molar-refractivity contribution in [1.82, 2.24) is 10.2 Å². The minimum absolute atomic E-state index is 0.0127. The fourth-order valence-corrected chi connectivity index (χ4v) is 1.32. The van der Waals surface area contributed by atoms with Gasteiger partial charge in [-0.2, -0.15) is 5.10 Å². The molecular weight excluding hydrogens is 178 g/mol. The van der Waals surface area contributed by atoms with E-state index in [-0.39, 0.29) is 5.91 Å². The zero-order chi connectivity index (χ0) is 9.97. The molecule has 4 heteroatoms. The van der Waals surface area contributed by atoms with Gasteiger partial charge in [-0.25, -0.2) is 0 Å². The normalized spacial score (nSPS) is 10.4. The van der Waals surface area contributed by atoms with Crippen molar-refractivity contribution in [3.8, 4) is 0 Å². The van der Waals surface area contributed by atoms with Crippen molar-refractivity contribution < 1.29 is 4.79 Å². The molecule has 0 bridgehead atoms. The molecule has 0 unspecified atom stereocenters. The average molecular weight is 189 g/mol. The molecule has 0 radical (unpaired) electrons. The van der Waals surface area contributed by atoms with Gasteiger partial charge in [0.2, 0.25) is 5.91 Å².